The van der Waals surface area contributed by atoms with E-state index in [1.54, 1.807) is 11.2 Å². The van der Waals surface area contributed by atoms with E-state index in [9.17, 15) is 18.3 Å². The van der Waals surface area contributed by atoms with Gasteiger partial charge in [0, 0.05) is 37.8 Å². The summed E-state index contributed by atoms with van der Waals surface area (Å²) in [4.78, 5) is 15.4. The zero-order valence-corrected chi connectivity index (χ0v) is 20.1. The van der Waals surface area contributed by atoms with Gasteiger partial charge in [0.15, 0.2) is 0 Å². The summed E-state index contributed by atoms with van der Waals surface area (Å²) in [6.45, 7) is 3.25. The lowest BCUT2D eigenvalue weighted by molar-refractivity contribution is 0.100. The van der Waals surface area contributed by atoms with E-state index in [-0.39, 0.29) is 11.7 Å². The van der Waals surface area contributed by atoms with Gasteiger partial charge in [-0.1, -0.05) is 30.3 Å². The lowest BCUT2D eigenvalue weighted by atomic mass is 9.88. The van der Waals surface area contributed by atoms with Crippen molar-refractivity contribution in [1.82, 2.24) is 14.6 Å². The van der Waals surface area contributed by atoms with Gasteiger partial charge >= 0.3 is 0 Å². The lowest BCUT2D eigenvalue weighted by Crippen LogP contribution is -2.41. The fourth-order valence-corrected chi connectivity index (χ4v) is 6.10. The Morgan fingerprint density at radius 3 is 2.56 bits per heavy atom. The van der Waals surface area contributed by atoms with E-state index in [1.807, 2.05) is 42.6 Å². The first-order valence-electron chi connectivity index (χ1n) is 11.6. The van der Waals surface area contributed by atoms with Crippen LogP contribution in [0.15, 0.2) is 48.7 Å². The third-order valence-corrected chi connectivity index (χ3v) is 8.33. The number of primary amides is 1. The van der Waals surface area contributed by atoms with Crippen LogP contribution < -0.4 is 11.1 Å². The number of hydrogen-bond acceptors (Lipinski definition) is 5. The first-order chi connectivity index (χ1) is 16.3. The molecule has 9 heteroatoms. The van der Waals surface area contributed by atoms with Crippen molar-refractivity contribution in [1.29, 1.82) is 0 Å². The molecule has 1 fully saturated rings. The maximum Gasteiger partial charge on any atom is 0.250 e. The van der Waals surface area contributed by atoms with E-state index in [0.29, 0.717) is 44.6 Å². The van der Waals surface area contributed by atoms with Crippen LogP contribution in [0.5, 0.6) is 0 Å². The molecule has 0 bridgehead atoms. The van der Waals surface area contributed by atoms with Crippen molar-refractivity contribution >= 4 is 26.8 Å². The predicted molar refractivity (Wildman–Crippen MR) is 134 cm³/mol. The molecule has 3 aromatic rings. The molecule has 0 aliphatic carbocycles. The van der Waals surface area contributed by atoms with Crippen LogP contribution in [-0.2, 0) is 10.0 Å². The van der Waals surface area contributed by atoms with Crippen LogP contribution in [0.3, 0.4) is 0 Å². The maximum atomic E-state index is 12.7. The van der Waals surface area contributed by atoms with Gasteiger partial charge < -0.3 is 21.1 Å². The molecule has 0 radical (unpaired) electrons. The molecule has 5 N–H and O–H groups in total. The molecule has 182 valence electrons. The van der Waals surface area contributed by atoms with Crippen LogP contribution in [0.2, 0.25) is 0 Å². The highest BCUT2D eigenvalue weighted by atomic mass is 32.2. The number of amides is 1. The lowest BCUT2D eigenvalue weighted by Gasteiger charge is -2.31. The van der Waals surface area contributed by atoms with Gasteiger partial charge in [0.05, 0.1) is 22.9 Å². The number of aromatic nitrogens is 1. The zero-order chi connectivity index (χ0) is 24.3. The number of carbonyl (C=O) groups excluding carboxylic acids is 1. The number of nitrogens with zero attached hydrogens (tertiary/aromatic N) is 1. The van der Waals surface area contributed by atoms with Gasteiger partial charge in [0.25, 0.3) is 5.91 Å². The van der Waals surface area contributed by atoms with Crippen molar-refractivity contribution in [2.45, 2.75) is 31.8 Å². The Labute approximate surface area is 200 Å². The average Bonchev–Trinajstić information content (AvgIpc) is 3.25. The first-order valence-corrected chi connectivity index (χ1v) is 13.2. The van der Waals surface area contributed by atoms with Crippen LogP contribution in [-0.4, -0.2) is 66.8 Å². The number of aliphatic hydroxyl groups excluding tert-OH is 1. The van der Waals surface area contributed by atoms with E-state index < -0.39 is 22.0 Å². The first kappa shape index (κ1) is 24.4. The zero-order valence-electron chi connectivity index (χ0n) is 19.3. The maximum absolute atomic E-state index is 12.7. The topological polar surface area (TPSA) is 129 Å². The molecular formula is C25H32N4O4S. The molecule has 34 heavy (non-hydrogen) atoms. The van der Waals surface area contributed by atoms with Crippen molar-refractivity contribution in [3.8, 4) is 11.1 Å². The molecule has 1 amide bonds. The van der Waals surface area contributed by atoms with Crippen LogP contribution in [0.1, 0.15) is 41.6 Å². The Morgan fingerprint density at radius 2 is 1.91 bits per heavy atom. The number of fused-ring (bicyclic) bond motifs is 1. The third kappa shape index (κ3) is 5.33. The Kier molecular flexibility index (Phi) is 7.37. The molecule has 1 atom stereocenters. The van der Waals surface area contributed by atoms with Gasteiger partial charge in [0.2, 0.25) is 10.0 Å². The van der Waals surface area contributed by atoms with Crippen molar-refractivity contribution in [2.75, 3.05) is 31.9 Å². The van der Waals surface area contributed by atoms with Gasteiger partial charge in [-0.25, -0.2) is 12.7 Å². The van der Waals surface area contributed by atoms with E-state index in [2.05, 4.69) is 16.4 Å². The molecular weight excluding hydrogens is 452 g/mol. The highest BCUT2D eigenvalue weighted by molar-refractivity contribution is 7.89. The summed E-state index contributed by atoms with van der Waals surface area (Å²) in [7, 11) is -3.36. The van der Waals surface area contributed by atoms with Crippen LogP contribution in [0.4, 0.5) is 0 Å². The average molecular weight is 485 g/mol. The summed E-state index contributed by atoms with van der Waals surface area (Å²) in [5.41, 5.74) is 9.89. The Balaban J connectivity index is 1.53. The summed E-state index contributed by atoms with van der Waals surface area (Å²) in [6, 6.07) is 13.8. The largest absolute Gasteiger partial charge is 0.392 e. The molecule has 2 aromatic carbocycles. The van der Waals surface area contributed by atoms with Crippen LogP contribution in [0.25, 0.3) is 22.0 Å². The number of nitrogens with two attached hydrogens (primary N) is 1. The van der Waals surface area contributed by atoms with E-state index in [0.717, 1.165) is 27.6 Å². The second kappa shape index (κ2) is 10.3. The summed E-state index contributed by atoms with van der Waals surface area (Å²) < 4.78 is 27.0. The molecule has 4 rings (SSSR count). The number of benzene rings is 2. The van der Waals surface area contributed by atoms with Gasteiger partial charge in [0.1, 0.15) is 0 Å². The minimum absolute atomic E-state index is 0.0138. The van der Waals surface area contributed by atoms with Gasteiger partial charge in [-0.05, 0) is 54.5 Å². The summed E-state index contributed by atoms with van der Waals surface area (Å²) in [5, 5.41) is 13.2. The molecule has 1 aliphatic heterocycles. The van der Waals surface area contributed by atoms with E-state index >= 15 is 0 Å². The molecule has 2 heterocycles. The van der Waals surface area contributed by atoms with E-state index in [1.165, 1.54) is 0 Å². The summed E-state index contributed by atoms with van der Waals surface area (Å²) in [6.07, 6.45) is 2.83. The molecule has 0 saturated carbocycles. The fraction of sp³-hybridized carbons (Fsp3) is 0.400. The minimum atomic E-state index is -3.36. The van der Waals surface area contributed by atoms with Gasteiger partial charge in [-0.2, -0.15) is 0 Å². The second-order valence-corrected chi connectivity index (χ2v) is 11.1. The molecule has 8 nitrogen and oxygen atoms in total. The normalized spacial score (nSPS) is 16.6. The van der Waals surface area contributed by atoms with E-state index in [4.69, 9.17) is 5.73 Å². The minimum Gasteiger partial charge on any atom is -0.392 e. The Bertz CT molecular complexity index is 1250. The summed E-state index contributed by atoms with van der Waals surface area (Å²) >= 11 is 0. The second-order valence-electron chi connectivity index (χ2n) is 8.96. The number of carbonyl (C=O) groups is 1. The molecule has 1 saturated heterocycles. The SMILES string of the molecule is C[C@H](O)CNCCS(=O)(=O)N1CCC(c2c[nH]c3c(C(N)=O)cc(-c4ccccc4)cc23)CC1. The quantitative estimate of drug-likeness (QED) is 0.347. The van der Waals surface area contributed by atoms with Crippen LogP contribution >= 0.6 is 0 Å². The van der Waals surface area contributed by atoms with Gasteiger partial charge in [-0.15, -0.1) is 0 Å². The predicted octanol–water partition coefficient (Wildman–Crippen LogP) is 2.41. The Hall–Kier alpha value is -2.72. The number of piperidine rings is 1. The smallest absolute Gasteiger partial charge is 0.250 e. The fourth-order valence-electron chi connectivity index (χ4n) is 4.67. The van der Waals surface area contributed by atoms with Crippen molar-refractivity contribution in [3.63, 3.8) is 0 Å². The molecule has 0 spiro atoms. The van der Waals surface area contributed by atoms with Crippen LogP contribution in [0, 0.1) is 0 Å². The summed E-state index contributed by atoms with van der Waals surface area (Å²) in [5.74, 6) is -0.290. The standard InChI is InChI=1S/C25H32N4O4S/c1-17(30)15-27-9-12-34(32,33)29-10-7-19(8-11-29)23-16-28-24-21(23)13-20(14-22(24)25(26)31)18-5-3-2-4-6-18/h2-6,13-14,16-17,19,27-28,30H,7-12,15H2,1H3,(H2,26,31)/t17-/m0/s1. The number of aromatic amines is 1. The number of rotatable bonds is 9. The molecule has 1 aromatic heterocycles. The number of nitrogens with one attached hydrogen (secondary N) is 2. The molecule has 1 aliphatic rings. The highest BCUT2D eigenvalue weighted by Gasteiger charge is 2.30. The van der Waals surface area contributed by atoms with Gasteiger partial charge in [-0.3, -0.25) is 4.79 Å². The number of hydrogen-bond donors (Lipinski definition) is 4. The van der Waals surface area contributed by atoms with Crippen molar-refractivity contribution < 1.29 is 18.3 Å². The number of aliphatic hydroxyl groups is 1. The van der Waals surface area contributed by atoms with Crippen molar-refractivity contribution in [3.05, 3.63) is 59.8 Å². The monoisotopic (exact) mass is 484 g/mol. The third-order valence-electron chi connectivity index (χ3n) is 6.46. The number of sulfonamides is 1. The highest BCUT2D eigenvalue weighted by Crippen LogP contribution is 2.37. The Morgan fingerprint density at radius 1 is 1.21 bits per heavy atom. The van der Waals surface area contributed by atoms with Crippen molar-refractivity contribution in [2.24, 2.45) is 5.73 Å². The molecule has 0 unspecified atom stereocenters. The number of H-pyrrole nitrogens is 1.